The van der Waals surface area contributed by atoms with E-state index >= 15 is 0 Å². The van der Waals surface area contributed by atoms with Crippen molar-refractivity contribution in [2.75, 3.05) is 39.3 Å². The first-order valence-electron chi connectivity index (χ1n) is 15.0. The number of ether oxygens (including phenoxy) is 3. The van der Waals surface area contributed by atoms with Gasteiger partial charge in [0.05, 0.1) is 0 Å². The third kappa shape index (κ3) is 7.75. The van der Waals surface area contributed by atoms with Crippen molar-refractivity contribution < 1.29 is 28.6 Å². The van der Waals surface area contributed by atoms with Gasteiger partial charge >= 0.3 is 12.2 Å². The zero-order chi connectivity index (χ0) is 30.9. The van der Waals surface area contributed by atoms with E-state index in [9.17, 15) is 14.4 Å². The number of amides is 2. The van der Waals surface area contributed by atoms with Crippen LogP contribution in [0.2, 0.25) is 0 Å². The summed E-state index contributed by atoms with van der Waals surface area (Å²) in [4.78, 5) is 41.1. The monoisotopic (exact) mass is 615 g/mol. The van der Waals surface area contributed by atoms with Crippen molar-refractivity contribution >= 4 is 39.4 Å². The molecule has 2 heterocycles. The molecule has 44 heavy (non-hydrogen) atoms. The van der Waals surface area contributed by atoms with Gasteiger partial charge in [0, 0.05) is 45.7 Å². The summed E-state index contributed by atoms with van der Waals surface area (Å²) in [6.07, 6.45) is 2.72. The summed E-state index contributed by atoms with van der Waals surface area (Å²) in [6.45, 7) is 8.28. The molecule has 230 valence electrons. The topological polar surface area (TPSA) is 106 Å². The van der Waals surface area contributed by atoms with Gasteiger partial charge in [0.1, 0.15) is 23.9 Å². The molecule has 0 atom stereocenters. The van der Waals surface area contributed by atoms with Crippen molar-refractivity contribution in [2.45, 2.75) is 33.1 Å². The predicted octanol–water partition coefficient (Wildman–Crippen LogP) is 6.88. The minimum atomic E-state index is -0.541. The number of hydrogen-bond donors (Lipinski definition) is 2. The van der Waals surface area contributed by atoms with Crippen molar-refractivity contribution in [1.29, 1.82) is 0 Å². The fraction of sp³-hybridized carbons (Fsp3) is 0.324. The second-order valence-electron chi connectivity index (χ2n) is 10.4. The summed E-state index contributed by atoms with van der Waals surface area (Å²) in [7, 11) is 0. The molecule has 1 aromatic heterocycles. The molecule has 0 radical (unpaired) electrons. The van der Waals surface area contributed by atoms with Gasteiger partial charge in [-0.3, -0.25) is 9.69 Å². The number of benzene rings is 3. The Morgan fingerprint density at radius 1 is 0.773 bits per heavy atom. The van der Waals surface area contributed by atoms with Crippen LogP contribution >= 0.6 is 11.3 Å². The van der Waals surface area contributed by atoms with Gasteiger partial charge in [-0.2, -0.15) is 0 Å². The van der Waals surface area contributed by atoms with E-state index in [4.69, 9.17) is 14.2 Å². The molecular weight excluding hydrogens is 578 g/mol. The van der Waals surface area contributed by atoms with E-state index in [1.165, 1.54) is 30.6 Å². The molecular formula is C34H37N3O6S. The summed E-state index contributed by atoms with van der Waals surface area (Å²) in [5.41, 5.74) is 1.88. The Bertz CT molecular complexity index is 1590. The quantitative estimate of drug-likeness (QED) is 0.177. The van der Waals surface area contributed by atoms with Crippen LogP contribution in [-0.2, 0) is 0 Å². The third-order valence-corrected chi connectivity index (χ3v) is 8.51. The lowest BCUT2D eigenvalue weighted by Crippen LogP contribution is -2.33. The number of nitrogens with one attached hydrogen (secondary N) is 2. The number of piperidine rings is 1. The van der Waals surface area contributed by atoms with Crippen LogP contribution in [0.4, 0.5) is 9.59 Å². The minimum absolute atomic E-state index is 0.133. The van der Waals surface area contributed by atoms with Crippen LogP contribution in [0.1, 0.15) is 49.0 Å². The number of fused-ring (bicyclic) bond motifs is 1. The van der Waals surface area contributed by atoms with Crippen LogP contribution in [0.3, 0.4) is 0 Å². The van der Waals surface area contributed by atoms with Gasteiger partial charge in [0.2, 0.25) is 0 Å². The Morgan fingerprint density at radius 3 is 2.05 bits per heavy atom. The Labute approximate surface area is 261 Å². The third-order valence-electron chi connectivity index (χ3n) is 7.31. The second-order valence-corrected chi connectivity index (χ2v) is 11.5. The highest BCUT2D eigenvalue weighted by Crippen LogP contribution is 2.41. The highest BCUT2D eigenvalue weighted by Gasteiger charge is 2.23. The number of likely N-dealkylation sites (tertiary alicyclic amines) is 1. The van der Waals surface area contributed by atoms with Crippen molar-refractivity contribution in [2.24, 2.45) is 0 Å². The Balaban J connectivity index is 1.41. The first kappa shape index (κ1) is 31.0. The molecule has 5 rings (SSSR count). The average Bonchev–Trinajstić information content (AvgIpc) is 3.41. The van der Waals surface area contributed by atoms with Crippen LogP contribution in [0.15, 0.2) is 66.7 Å². The maximum Gasteiger partial charge on any atom is 0.412 e. The van der Waals surface area contributed by atoms with E-state index in [0.29, 0.717) is 42.3 Å². The Kier molecular flexibility index (Phi) is 10.5. The first-order chi connectivity index (χ1) is 21.4. The average molecular weight is 616 g/mol. The summed E-state index contributed by atoms with van der Waals surface area (Å²) in [5.74, 6) is 1.36. The van der Waals surface area contributed by atoms with Crippen LogP contribution < -0.4 is 24.8 Å². The SMILES string of the molecule is CCNC(=O)Oc1ccc(-c2sc3cc(OC(=O)NCC)ccc3c2C(=O)c2ccc(OCCN3CCCCC3)cc2)cc1. The van der Waals surface area contributed by atoms with E-state index in [1.807, 2.05) is 44.2 Å². The van der Waals surface area contributed by atoms with Crippen molar-refractivity contribution in [3.8, 4) is 27.7 Å². The molecule has 0 spiro atoms. The highest BCUT2D eigenvalue weighted by molar-refractivity contribution is 7.22. The van der Waals surface area contributed by atoms with Gasteiger partial charge in [-0.05, 0) is 112 Å². The lowest BCUT2D eigenvalue weighted by molar-refractivity contribution is 0.104. The van der Waals surface area contributed by atoms with E-state index in [0.717, 1.165) is 45.9 Å². The molecule has 1 aliphatic heterocycles. The van der Waals surface area contributed by atoms with Gasteiger partial charge in [0.15, 0.2) is 5.78 Å². The fourth-order valence-electron chi connectivity index (χ4n) is 5.14. The second kappa shape index (κ2) is 14.9. The Morgan fingerprint density at radius 2 is 1.39 bits per heavy atom. The minimum Gasteiger partial charge on any atom is -0.492 e. The fourth-order valence-corrected chi connectivity index (χ4v) is 6.37. The number of carbonyl (C=O) groups is 3. The molecule has 2 N–H and O–H groups in total. The van der Waals surface area contributed by atoms with Gasteiger partial charge in [-0.15, -0.1) is 11.3 Å². The maximum atomic E-state index is 14.1. The van der Waals surface area contributed by atoms with Gasteiger partial charge < -0.3 is 24.8 Å². The van der Waals surface area contributed by atoms with E-state index < -0.39 is 12.2 Å². The number of hydrogen-bond acceptors (Lipinski definition) is 8. The highest BCUT2D eigenvalue weighted by atomic mass is 32.1. The molecule has 2 amide bonds. The molecule has 0 aliphatic carbocycles. The van der Waals surface area contributed by atoms with Gasteiger partial charge in [-0.25, -0.2) is 9.59 Å². The molecule has 10 heteroatoms. The normalized spacial score (nSPS) is 13.3. The molecule has 1 saturated heterocycles. The standard InChI is InChI=1S/C34H37N3O6S/c1-3-35-33(39)42-26-14-10-24(11-15-26)32-30(28-17-16-27(22-29(28)44-32)43-34(40)36-4-2)31(38)23-8-12-25(13-9-23)41-21-20-37-18-6-5-7-19-37/h8-17,22H,3-7,18-21H2,1-2H3,(H,35,39)(H,36,40). The number of carbonyl (C=O) groups excluding carboxylic acids is 3. The molecule has 0 unspecified atom stereocenters. The molecule has 1 aliphatic rings. The summed E-state index contributed by atoms with van der Waals surface area (Å²) < 4.78 is 17.5. The zero-order valence-corrected chi connectivity index (χ0v) is 25.8. The summed E-state index contributed by atoms with van der Waals surface area (Å²) in [6, 6.07) is 19.6. The lowest BCUT2D eigenvalue weighted by atomic mass is 9.97. The lowest BCUT2D eigenvalue weighted by Gasteiger charge is -2.26. The summed E-state index contributed by atoms with van der Waals surface area (Å²) in [5, 5.41) is 5.97. The summed E-state index contributed by atoms with van der Waals surface area (Å²) >= 11 is 1.43. The van der Waals surface area contributed by atoms with E-state index in [1.54, 1.807) is 36.4 Å². The van der Waals surface area contributed by atoms with Crippen LogP contribution in [0.25, 0.3) is 20.5 Å². The number of rotatable bonds is 11. The number of nitrogens with zero attached hydrogens (tertiary/aromatic N) is 1. The van der Waals surface area contributed by atoms with Crippen LogP contribution in [0, 0.1) is 0 Å². The van der Waals surface area contributed by atoms with Crippen molar-refractivity contribution in [3.63, 3.8) is 0 Å². The van der Waals surface area contributed by atoms with E-state index in [-0.39, 0.29) is 5.78 Å². The van der Waals surface area contributed by atoms with Gasteiger partial charge in [0.25, 0.3) is 0 Å². The predicted molar refractivity (Wildman–Crippen MR) is 172 cm³/mol. The van der Waals surface area contributed by atoms with Crippen molar-refractivity contribution in [1.82, 2.24) is 15.5 Å². The van der Waals surface area contributed by atoms with E-state index in [2.05, 4.69) is 15.5 Å². The Hall–Kier alpha value is -4.41. The molecule has 3 aromatic carbocycles. The van der Waals surface area contributed by atoms with Gasteiger partial charge in [-0.1, -0.05) is 6.42 Å². The van der Waals surface area contributed by atoms with Crippen LogP contribution in [0.5, 0.6) is 17.2 Å². The first-order valence-corrected chi connectivity index (χ1v) is 15.8. The molecule has 4 aromatic rings. The zero-order valence-electron chi connectivity index (χ0n) is 25.0. The number of ketones is 1. The number of thiophene rings is 1. The smallest absolute Gasteiger partial charge is 0.412 e. The van der Waals surface area contributed by atoms with Crippen molar-refractivity contribution in [3.05, 3.63) is 77.9 Å². The molecule has 1 fully saturated rings. The van der Waals surface area contributed by atoms with Crippen LogP contribution in [-0.4, -0.2) is 62.2 Å². The molecule has 0 bridgehead atoms. The molecule has 0 saturated carbocycles. The maximum absolute atomic E-state index is 14.1. The largest absolute Gasteiger partial charge is 0.492 e. The molecule has 9 nitrogen and oxygen atoms in total.